The number of urea groups is 1. The molecule has 0 bridgehead atoms. The molecule has 0 aromatic carbocycles. The summed E-state index contributed by atoms with van der Waals surface area (Å²) in [7, 11) is 1.30. The van der Waals surface area contributed by atoms with Crippen molar-refractivity contribution in [2.24, 2.45) is 0 Å². The highest BCUT2D eigenvalue weighted by atomic mass is 16.5. The quantitative estimate of drug-likeness (QED) is 0.376. The van der Waals surface area contributed by atoms with Crippen LogP contribution in [0.4, 0.5) is 4.79 Å². The number of rotatable bonds is 1. The van der Waals surface area contributed by atoms with Crippen molar-refractivity contribution in [1.29, 1.82) is 0 Å². The average Bonchev–Trinajstić information content (AvgIpc) is 2.16. The van der Waals surface area contributed by atoms with Crippen molar-refractivity contribution in [3.05, 3.63) is 0 Å². The summed E-state index contributed by atoms with van der Waals surface area (Å²) >= 11 is 0. The Morgan fingerprint density at radius 3 is 2.08 bits per heavy atom. The molecule has 0 radical (unpaired) electrons. The fourth-order valence-electron chi connectivity index (χ4n) is 1.13. The summed E-state index contributed by atoms with van der Waals surface area (Å²) in [4.78, 5) is 23.7. The molecule has 0 saturated carbocycles. The van der Waals surface area contributed by atoms with Gasteiger partial charge in [-0.25, -0.2) is 4.79 Å². The lowest BCUT2D eigenvalue weighted by Crippen LogP contribution is -2.41. The maximum Gasteiger partial charge on any atom is 0.331 e. The molecule has 2 N–H and O–H groups in total. The van der Waals surface area contributed by atoms with Crippen LogP contribution >= 0.6 is 0 Å². The number of nitrogens with zero attached hydrogens (tertiary/aromatic N) is 2. The van der Waals surface area contributed by atoms with Gasteiger partial charge in [0.25, 0.3) is 5.91 Å². The summed E-state index contributed by atoms with van der Waals surface area (Å²) in [5.74, 6) is -0.437. The first-order chi connectivity index (χ1) is 5.46. The molecular formula is C6H10N2O4. The second-order valence-corrected chi connectivity index (χ2v) is 2.61. The fourth-order valence-corrected chi connectivity index (χ4v) is 1.13. The molecule has 1 heterocycles. The molecule has 1 saturated heterocycles. The second kappa shape index (κ2) is 2.72. The SMILES string of the molecule is CC1C(=O)N(C)C(=O)N1C(O)O. The van der Waals surface area contributed by atoms with Gasteiger partial charge in [-0.3, -0.25) is 14.6 Å². The molecule has 1 aliphatic heterocycles. The van der Waals surface area contributed by atoms with E-state index < -0.39 is 24.4 Å². The predicted octanol–water partition coefficient (Wildman–Crippen LogP) is -1.46. The number of hydrogen-bond donors (Lipinski definition) is 2. The van der Waals surface area contributed by atoms with Crippen LogP contribution in [0.2, 0.25) is 0 Å². The van der Waals surface area contributed by atoms with Crippen LogP contribution in [-0.2, 0) is 4.79 Å². The van der Waals surface area contributed by atoms with Crippen molar-refractivity contribution in [2.75, 3.05) is 7.05 Å². The number of aliphatic hydroxyl groups excluding tert-OH is 1. The Kier molecular flexibility index (Phi) is 2.03. The Morgan fingerprint density at radius 2 is 1.92 bits per heavy atom. The molecule has 1 atom stereocenters. The molecule has 0 aromatic heterocycles. The number of aliphatic hydroxyl groups is 2. The molecular weight excluding hydrogens is 164 g/mol. The van der Waals surface area contributed by atoms with Crippen LogP contribution in [0.1, 0.15) is 6.92 Å². The monoisotopic (exact) mass is 174 g/mol. The summed E-state index contributed by atoms with van der Waals surface area (Å²) < 4.78 is 0. The van der Waals surface area contributed by atoms with Crippen molar-refractivity contribution in [3.8, 4) is 0 Å². The minimum absolute atomic E-state index is 0.437. The molecule has 1 fully saturated rings. The highest BCUT2D eigenvalue weighted by molar-refractivity contribution is 6.03. The van der Waals surface area contributed by atoms with Gasteiger partial charge in [-0.15, -0.1) is 0 Å². The van der Waals surface area contributed by atoms with E-state index in [-0.39, 0.29) is 0 Å². The minimum atomic E-state index is -1.92. The molecule has 3 amide bonds. The average molecular weight is 174 g/mol. The lowest BCUT2D eigenvalue weighted by atomic mass is 10.3. The number of likely N-dealkylation sites (N-methyl/N-ethyl adjacent to an activating group) is 1. The molecule has 6 heteroatoms. The number of imide groups is 1. The number of hydrogen-bond acceptors (Lipinski definition) is 4. The van der Waals surface area contributed by atoms with Crippen molar-refractivity contribution < 1.29 is 19.8 Å². The maximum absolute atomic E-state index is 11.1. The minimum Gasteiger partial charge on any atom is -0.351 e. The zero-order valence-electron chi connectivity index (χ0n) is 6.76. The first kappa shape index (κ1) is 8.95. The molecule has 0 aromatic rings. The number of carbonyl (C=O) groups excluding carboxylic acids is 2. The van der Waals surface area contributed by atoms with Crippen LogP contribution in [0.3, 0.4) is 0 Å². The van der Waals surface area contributed by atoms with Gasteiger partial charge in [-0.05, 0) is 6.92 Å². The second-order valence-electron chi connectivity index (χ2n) is 2.61. The van der Waals surface area contributed by atoms with Crippen LogP contribution in [0.15, 0.2) is 0 Å². The Bertz CT molecular complexity index is 228. The maximum atomic E-state index is 11.1. The van der Waals surface area contributed by atoms with E-state index in [9.17, 15) is 9.59 Å². The van der Waals surface area contributed by atoms with Crippen LogP contribution in [0, 0.1) is 0 Å². The normalized spacial score (nSPS) is 24.6. The van der Waals surface area contributed by atoms with Crippen molar-refractivity contribution in [1.82, 2.24) is 9.80 Å². The van der Waals surface area contributed by atoms with E-state index >= 15 is 0 Å². The van der Waals surface area contributed by atoms with Gasteiger partial charge < -0.3 is 10.2 Å². The zero-order chi connectivity index (χ0) is 9.46. The lowest BCUT2D eigenvalue weighted by molar-refractivity contribution is -0.146. The number of amides is 3. The molecule has 0 aliphatic carbocycles. The van der Waals surface area contributed by atoms with Gasteiger partial charge in [0.05, 0.1) is 0 Å². The highest BCUT2D eigenvalue weighted by Gasteiger charge is 2.42. The largest absolute Gasteiger partial charge is 0.351 e. The predicted molar refractivity (Wildman–Crippen MR) is 37.7 cm³/mol. The molecule has 1 unspecified atom stereocenters. The molecule has 1 rings (SSSR count). The van der Waals surface area contributed by atoms with E-state index in [4.69, 9.17) is 10.2 Å². The molecule has 68 valence electrons. The third-order valence-electron chi connectivity index (χ3n) is 1.86. The summed E-state index contributed by atoms with van der Waals surface area (Å²) in [6.45, 7) is 1.43. The van der Waals surface area contributed by atoms with E-state index in [1.165, 1.54) is 14.0 Å². The van der Waals surface area contributed by atoms with Crippen LogP contribution < -0.4 is 0 Å². The Balaban J connectivity index is 2.91. The van der Waals surface area contributed by atoms with Gasteiger partial charge in [0.15, 0.2) is 0 Å². The topological polar surface area (TPSA) is 81.1 Å². The van der Waals surface area contributed by atoms with Crippen LogP contribution in [-0.4, -0.2) is 51.5 Å². The van der Waals surface area contributed by atoms with Gasteiger partial charge in [-0.1, -0.05) is 0 Å². The zero-order valence-corrected chi connectivity index (χ0v) is 6.76. The van der Waals surface area contributed by atoms with Gasteiger partial charge in [-0.2, -0.15) is 0 Å². The van der Waals surface area contributed by atoms with Gasteiger partial charge in [0, 0.05) is 7.05 Å². The Morgan fingerprint density at radius 1 is 1.42 bits per heavy atom. The van der Waals surface area contributed by atoms with Crippen LogP contribution in [0.5, 0.6) is 0 Å². The fraction of sp³-hybridized carbons (Fsp3) is 0.667. The standard InChI is InChI=1S/C6H10N2O4/c1-3-4(9)7(2)5(10)8(3)6(11)12/h3,6,11-12H,1-2H3. The van der Waals surface area contributed by atoms with Gasteiger partial charge >= 0.3 is 6.03 Å². The van der Waals surface area contributed by atoms with E-state index in [2.05, 4.69) is 0 Å². The Labute approximate surface area is 69.0 Å². The van der Waals surface area contributed by atoms with Gasteiger partial charge in [0.2, 0.25) is 6.41 Å². The van der Waals surface area contributed by atoms with E-state index in [1.807, 2.05) is 0 Å². The van der Waals surface area contributed by atoms with E-state index in [0.29, 0.717) is 4.90 Å². The summed E-state index contributed by atoms with van der Waals surface area (Å²) in [5, 5.41) is 17.4. The first-order valence-electron chi connectivity index (χ1n) is 3.43. The number of carbonyl (C=O) groups is 2. The molecule has 6 nitrogen and oxygen atoms in total. The van der Waals surface area contributed by atoms with Crippen molar-refractivity contribution in [2.45, 2.75) is 19.4 Å². The molecule has 12 heavy (non-hydrogen) atoms. The third-order valence-corrected chi connectivity index (χ3v) is 1.86. The highest BCUT2D eigenvalue weighted by Crippen LogP contribution is 2.16. The first-order valence-corrected chi connectivity index (χ1v) is 3.43. The van der Waals surface area contributed by atoms with Crippen LogP contribution in [0.25, 0.3) is 0 Å². The summed E-state index contributed by atoms with van der Waals surface area (Å²) in [6.07, 6.45) is -1.92. The summed E-state index contributed by atoms with van der Waals surface area (Å²) in [5.41, 5.74) is 0. The van der Waals surface area contributed by atoms with E-state index in [1.54, 1.807) is 0 Å². The third kappa shape index (κ3) is 1.05. The van der Waals surface area contributed by atoms with Gasteiger partial charge in [0.1, 0.15) is 6.04 Å². The smallest absolute Gasteiger partial charge is 0.331 e. The summed E-state index contributed by atoms with van der Waals surface area (Å²) in [6, 6.07) is -1.50. The van der Waals surface area contributed by atoms with Crippen molar-refractivity contribution >= 4 is 11.9 Å². The molecule has 0 spiro atoms. The Hall–Kier alpha value is -1.14. The van der Waals surface area contributed by atoms with Crippen molar-refractivity contribution in [3.63, 3.8) is 0 Å². The molecule has 1 aliphatic rings. The lowest BCUT2D eigenvalue weighted by Gasteiger charge is -2.19. The van der Waals surface area contributed by atoms with E-state index in [0.717, 1.165) is 4.90 Å².